The number of hydrogen-bond acceptors (Lipinski definition) is 7. The molecule has 2 rings (SSSR count). The molecule has 0 aromatic carbocycles. The fourth-order valence-corrected chi connectivity index (χ4v) is 1.76. The van der Waals surface area contributed by atoms with Gasteiger partial charge in [-0.25, -0.2) is 4.98 Å². The van der Waals surface area contributed by atoms with E-state index in [4.69, 9.17) is 0 Å². The van der Waals surface area contributed by atoms with Gasteiger partial charge in [0.15, 0.2) is 0 Å². The van der Waals surface area contributed by atoms with Crippen molar-refractivity contribution in [2.45, 2.75) is 20.4 Å². The van der Waals surface area contributed by atoms with Crippen LogP contribution in [0.1, 0.15) is 12.5 Å². The molecular weight excluding hydrogens is 274 g/mol. The molecule has 0 atom stereocenters. The number of nitrogens with one attached hydrogen (secondary N) is 2. The zero-order valence-electron chi connectivity index (χ0n) is 11.9. The molecule has 0 aliphatic carbocycles. The van der Waals surface area contributed by atoms with Crippen molar-refractivity contribution in [1.29, 1.82) is 0 Å². The van der Waals surface area contributed by atoms with Crippen LogP contribution >= 0.6 is 0 Å². The standard InChI is InChI=1S/C12H17N7O2/c1-3-13-12-15-7-10(19(20)21)11(17-12)14-4-5-18-8-9(2)6-16-18/h6-8H,3-5H2,1-2H3,(H2,13,14,15,17). The van der Waals surface area contributed by atoms with Crippen molar-refractivity contribution < 1.29 is 4.92 Å². The molecule has 0 amide bonds. The summed E-state index contributed by atoms with van der Waals surface area (Å²) in [6.07, 6.45) is 4.86. The average Bonchev–Trinajstić information content (AvgIpc) is 2.85. The molecule has 0 aliphatic heterocycles. The summed E-state index contributed by atoms with van der Waals surface area (Å²) < 4.78 is 1.76. The second-order valence-electron chi connectivity index (χ2n) is 4.42. The van der Waals surface area contributed by atoms with Gasteiger partial charge in [-0.1, -0.05) is 0 Å². The second-order valence-corrected chi connectivity index (χ2v) is 4.42. The Kier molecular flexibility index (Phi) is 4.64. The lowest BCUT2D eigenvalue weighted by Gasteiger charge is -2.08. The Hall–Kier alpha value is -2.71. The van der Waals surface area contributed by atoms with Crippen LogP contribution in [0.15, 0.2) is 18.6 Å². The Morgan fingerprint density at radius 1 is 1.38 bits per heavy atom. The summed E-state index contributed by atoms with van der Waals surface area (Å²) >= 11 is 0. The zero-order valence-corrected chi connectivity index (χ0v) is 11.9. The number of hydrogen-bond donors (Lipinski definition) is 2. The van der Waals surface area contributed by atoms with Crippen LogP contribution in [0, 0.1) is 17.0 Å². The monoisotopic (exact) mass is 291 g/mol. The number of nitro groups is 1. The van der Waals surface area contributed by atoms with Crippen molar-refractivity contribution in [1.82, 2.24) is 19.7 Å². The predicted molar refractivity (Wildman–Crippen MR) is 78.3 cm³/mol. The molecule has 9 heteroatoms. The molecule has 0 aliphatic rings. The largest absolute Gasteiger partial charge is 0.362 e. The minimum absolute atomic E-state index is 0.145. The van der Waals surface area contributed by atoms with Gasteiger partial charge in [0.25, 0.3) is 0 Å². The molecule has 2 heterocycles. The normalized spacial score (nSPS) is 10.4. The number of aromatic nitrogens is 4. The van der Waals surface area contributed by atoms with Gasteiger partial charge in [-0.3, -0.25) is 14.8 Å². The van der Waals surface area contributed by atoms with Crippen LogP contribution < -0.4 is 10.6 Å². The van der Waals surface area contributed by atoms with E-state index >= 15 is 0 Å². The molecule has 2 aromatic heterocycles. The lowest BCUT2D eigenvalue weighted by atomic mass is 10.4. The Bertz CT molecular complexity index is 626. The van der Waals surface area contributed by atoms with Gasteiger partial charge in [0.05, 0.1) is 17.7 Å². The van der Waals surface area contributed by atoms with Crippen LogP contribution in [0.3, 0.4) is 0 Å². The van der Waals surface area contributed by atoms with Crippen LogP contribution in [0.4, 0.5) is 17.5 Å². The highest BCUT2D eigenvalue weighted by molar-refractivity contribution is 5.56. The summed E-state index contributed by atoms with van der Waals surface area (Å²) in [7, 11) is 0. The van der Waals surface area contributed by atoms with E-state index in [-0.39, 0.29) is 11.5 Å². The van der Waals surface area contributed by atoms with Gasteiger partial charge in [-0.15, -0.1) is 0 Å². The van der Waals surface area contributed by atoms with Crippen LogP contribution in [0.2, 0.25) is 0 Å². The Morgan fingerprint density at radius 3 is 2.81 bits per heavy atom. The van der Waals surface area contributed by atoms with E-state index in [2.05, 4.69) is 25.7 Å². The Labute approximate surface area is 121 Å². The first kappa shape index (κ1) is 14.7. The molecule has 0 fully saturated rings. The molecule has 0 spiro atoms. The van der Waals surface area contributed by atoms with E-state index < -0.39 is 4.92 Å². The van der Waals surface area contributed by atoms with Gasteiger partial charge in [0, 0.05) is 19.3 Å². The third-order valence-electron chi connectivity index (χ3n) is 2.70. The van der Waals surface area contributed by atoms with Crippen molar-refractivity contribution >= 4 is 17.5 Å². The fraction of sp³-hybridized carbons (Fsp3) is 0.417. The topological polar surface area (TPSA) is 111 Å². The smallest absolute Gasteiger partial charge is 0.329 e. The van der Waals surface area contributed by atoms with Crippen molar-refractivity contribution in [2.24, 2.45) is 0 Å². The molecule has 0 unspecified atom stereocenters. The summed E-state index contributed by atoms with van der Waals surface area (Å²) in [6.45, 7) is 5.56. The molecule has 112 valence electrons. The second kappa shape index (κ2) is 6.64. The van der Waals surface area contributed by atoms with Gasteiger partial charge in [0.1, 0.15) is 6.20 Å². The Morgan fingerprint density at radius 2 is 2.19 bits per heavy atom. The van der Waals surface area contributed by atoms with Crippen molar-refractivity contribution in [3.05, 3.63) is 34.3 Å². The van der Waals surface area contributed by atoms with E-state index in [1.165, 1.54) is 6.20 Å². The first-order valence-corrected chi connectivity index (χ1v) is 6.58. The zero-order chi connectivity index (χ0) is 15.2. The van der Waals surface area contributed by atoms with Gasteiger partial charge < -0.3 is 10.6 Å². The quantitative estimate of drug-likeness (QED) is 0.586. The highest BCUT2D eigenvalue weighted by atomic mass is 16.6. The summed E-state index contributed by atoms with van der Waals surface area (Å²) in [5, 5.41) is 21.0. The van der Waals surface area contributed by atoms with Crippen molar-refractivity contribution in [3.63, 3.8) is 0 Å². The highest BCUT2D eigenvalue weighted by Crippen LogP contribution is 2.21. The number of rotatable bonds is 7. The molecule has 2 aromatic rings. The number of nitrogens with zero attached hydrogens (tertiary/aromatic N) is 5. The summed E-state index contributed by atoms with van der Waals surface area (Å²) in [5.74, 6) is 0.565. The van der Waals surface area contributed by atoms with Crippen LogP contribution in [-0.4, -0.2) is 37.8 Å². The van der Waals surface area contributed by atoms with Crippen molar-refractivity contribution in [3.8, 4) is 0 Å². The van der Waals surface area contributed by atoms with Crippen LogP contribution in [0.5, 0.6) is 0 Å². The lowest BCUT2D eigenvalue weighted by molar-refractivity contribution is -0.384. The number of anilines is 2. The van der Waals surface area contributed by atoms with Gasteiger partial charge in [-0.05, 0) is 19.4 Å². The molecule has 0 saturated carbocycles. The highest BCUT2D eigenvalue weighted by Gasteiger charge is 2.16. The molecule has 0 bridgehead atoms. The molecule has 2 N–H and O–H groups in total. The average molecular weight is 291 g/mol. The van der Waals surface area contributed by atoms with E-state index in [0.29, 0.717) is 25.6 Å². The number of aryl methyl sites for hydroxylation is 1. The summed E-state index contributed by atoms with van der Waals surface area (Å²) in [5.41, 5.74) is 0.922. The maximum absolute atomic E-state index is 11.0. The predicted octanol–water partition coefficient (Wildman–Crippen LogP) is 1.43. The maximum atomic E-state index is 11.0. The third-order valence-corrected chi connectivity index (χ3v) is 2.70. The first-order valence-electron chi connectivity index (χ1n) is 6.58. The lowest BCUT2D eigenvalue weighted by Crippen LogP contribution is -2.14. The minimum atomic E-state index is -0.504. The molecule has 9 nitrogen and oxygen atoms in total. The van der Waals surface area contributed by atoms with Crippen molar-refractivity contribution in [2.75, 3.05) is 23.7 Å². The SMILES string of the molecule is CCNc1ncc([N+](=O)[O-])c(NCCn2cc(C)cn2)n1. The minimum Gasteiger partial charge on any atom is -0.362 e. The van der Waals surface area contributed by atoms with E-state index in [1.807, 2.05) is 20.0 Å². The maximum Gasteiger partial charge on any atom is 0.329 e. The summed E-state index contributed by atoms with van der Waals surface area (Å²) in [6, 6.07) is 0. The first-order chi connectivity index (χ1) is 10.1. The summed E-state index contributed by atoms with van der Waals surface area (Å²) in [4.78, 5) is 18.5. The Balaban J connectivity index is 2.05. The van der Waals surface area contributed by atoms with Gasteiger partial charge >= 0.3 is 5.69 Å². The molecule has 21 heavy (non-hydrogen) atoms. The van der Waals surface area contributed by atoms with Crippen LogP contribution in [0.25, 0.3) is 0 Å². The van der Waals surface area contributed by atoms with E-state index in [9.17, 15) is 10.1 Å². The van der Waals surface area contributed by atoms with E-state index in [0.717, 1.165) is 5.56 Å². The van der Waals surface area contributed by atoms with E-state index in [1.54, 1.807) is 10.9 Å². The van der Waals surface area contributed by atoms with Gasteiger partial charge in [-0.2, -0.15) is 10.1 Å². The molecule has 0 radical (unpaired) electrons. The van der Waals surface area contributed by atoms with Gasteiger partial charge in [0.2, 0.25) is 11.8 Å². The third kappa shape index (κ3) is 3.88. The fourth-order valence-electron chi connectivity index (χ4n) is 1.76. The van der Waals surface area contributed by atoms with Crippen LogP contribution in [-0.2, 0) is 6.54 Å². The molecule has 0 saturated heterocycles. The molecular formula is C12H17N7O2.